The van der Waals surface area contributed by atoms with E-state index in [1.54, 1.807) is 0 Å². The summed E-state index contributed by atoms with van der Waals surface area (Å²) in [5.74, 6) is 1.72. The Labute approximate surface area is 169 Å². The van der Waals surface area contributed by atoms with Gasteiger partial charge in [-0.25, -0.2) is 0 Å². The van der Waals surface area contributed by atoms with E-state index in [0.29, 0.717) is 11.4 Å². The van der Waals surface area contributed by atoms with Crippen LogP contribution in [0.2, 0.25) is 5.02 Å². The summed E-state index contributed by atoms with van der Waals surface area (Å²) in [5, 5.41) is 2.97. The third-order valence-corrected chi connectivity index (χ3v) is 6.08. The minimum Gasteiger partial charge on any atom is -0.461 e. The molecule has 0 spiro atoms. The summed E-state index contributed by atoms with van der Waals surface area (Å²) in [7, 11) is 0. The molecule has 0 fully saturated rings. The molecular weight excluding hydrogens is 368 g/mol. The first-order chi connectivity index (χ1) is 13.4. The lowest BCUT2D eigenvalue weighted by atomic mass is 9.69. The zero-order valence-corrected chi connectivity index (χ0v) is 16.7. The molecule has 1 atom stereocenters. The van der Waals surface area contributed by atoms with Gasteiger partial charge in [-0.05, 0) is 39.9 Å². The summed E-state index contributed by atoms with van der Waals surface area (Å²) >= 11 is 6.15. The van der Waals surface area contributed by atoms with Crippen LogP contribution < -0.4 is 4.74 Å². The van der Waals surface area contributed by atoms with Gasteiger partial charge in [0.2, 0.25) is 0 Å². The number of halogens is 1. The monoisotopic (exact) mass is 388 g/mol. The van der Waals surface area contributed by atoms with Gasteiger partial charge in [0.1, 0.15) is 11.5 Å². The average Bonchev–Trinajstić information content (AvgIpc) is 2.66. The highest BCUT2D eigenvalue weighted by atomic mass is 35.5. The Bertz CT molecular complexity index is 1140. The zero-order valence-electron chi connectivity index (χ0n) is 16.0. The van der Waals surface area contributed by atoms with Crippen molar-refractivity contribution in [1.82, 2.24) is 0 Å². The molecule has 0 saturated carbocycles. The van der Waals surface area contributed by atoms with Gasteiger partial charge >= 0.3 is 0 Å². The molecule has 0 bridgehead atoms. The molecule has 1 heterocycles. The van der Waals surface area contributed by atoms with Crippen molar-refractivity contribution >= 4 is 28.2 Å². The molecule has 0 radical (unpaired) electrons. The summed E-state index contributed by atoms with van der Waals surface area (Å²) in [6, 6.07) is 20.3. The van der Waals surface area contributed by atoms with E-state index >= 15 is 0 Å². The summed E-state index contributed by atoms with van der Waals surface area (Å²) < 4.78 is 6.36. The van der Waals surface area contributed by atoms with E-state index < -0.39 is 0 Å². The Hall–Kier alpha value is -2.58. The van der Waals surface area contributed by atoms with Gasteiger partial charge in [-0.3, -0.25) is 4.79 Å². The number of allylic oxidation sites excluding steroid dienone is 2. The number of hydrogen-bond acceptors (Lipinski definition) is 2. The fourth-order valence-corrected chi connectivity index (χ4v) is 4.74. The number of hydrogen-bond donors (Lipinski definition) is 0. The maximum Gasteiger partial charge on any atom is 0.163 e. The summed E-state index contributed by atoms with van der Waals surface area (Å²) in [6.07, 6.45) is 1.31. The van der Waals surface area contributed by atoms with Crippen LogP contribution in [0.1, 0.15) is 43.7 Å². The lowest BCUT2D eigenvalue weighted by molar-refractivity contribution is -0.118. The van der Waals surface area contributed by atoms with E-state index in [0.717, 1.165) is 45.4 Å². The SMILES string of the molecule is CC1(C)CC(=O)C2=C(C1)Oc1ccc3ccccc3c1[C@H]2c1ccc(Cl)cc1. The van der Waals surface area contributed by atoms with Crippen LogP contribution in [0.3, 0.4) is 0 Å². The fourth-order valence-electron chi connectivity index (χ4n) is 4.62. The Morgan fingerprint density at radius 1 is 0.964 bits per heavy atom. The van der Waals surface area contributed by atoms with Crippen molar-refractivity contribution < 1.29 is 9.53 Å². The van der Waals surface area contributed by atoms with Crippen molar-refractivity contribution in [1.29, 1.82) is 0 Å². The highest BCUT2D eigenvalue weighted by molar-refractivity contribution is 6.30. The predicted molar refractivity (Wildman–Crippen MR) is 113 cm³/mol. The number of benzene rings is 3. The van der Waals surface area contributed by atoms with Crippen LogP contribution >= 0.6 is 11.6 Å². The van der Waals surface area contributed by atoms with Crippen molar-refractivity contribution in [2.75, 3.05) is 0 Å². The summed E-state index contributed by atoms with van der Waals surface area (Å²) in [4.78, 5) is 13.3. The predicted octanol–water partition coefficient (Wildman–Crippen LogP) is 6.66. The van der Waals surface area contributed by atoms with E-state index in [2.05, 4.69) is 32.0 Å². The first-order valence-corrected chi connectivity index (χ1v) is 10.0. The third-order valence-electron chi connectivity index (χ3n) is 5.82. The van der Waals surface area contributed by atoms with E-state index in [1.807, 2.05) is 42.5 Å². The minimum absolute atomic E-state index is 0.0885. The maximum absolute atomic E-state index is 13.3. The van der Waals surface area contributed by atoms with Crippen molar-refractivity contribution in [3.63, 3.8) is 0 Å². The van der Waals surface area contributed by atoms with Crippen LogP contribution in [0.25, 0.3) is 10.8 Å². The van der Waals surface area contributed by atoms with Crippen LogP contribution in [0, 0.1) is 5.41 Å². The van der Waals surface area contributed by atoms with E-state index in [1.165, 1.54) is 0 Å². The first-order valence-electron chi connectivity index (χ1n) is 9.64. The molecule has 2 aliphatic rings. The second kappa shape index (κ2) is 6.22. The average molecular weight is 389 g/mol. The van der Waals surface area contributed by atoms with Crippen LogP contribution in [-0.4, -0.2) is 5.78 Å². The van der Waals surface area contributed by atoms with E-state index in [4.69, 9.17) is 16.3 Å². The Kier molecular flexibility index (Phi) is 3.89. The molecule has 0 saturated heterocycles. The van der Waals surface area contributed by atoms with E-state index in [9.17, 15) is 4.79 Å². The molecule has 3 aromatic rings. The molecule has 0 N–H and O–H groups in total. The lowest BCUT2D eigenvalue weighted by Crippen LogP contribution is -2.33. The Balaban J connectivity index is 1.81. The molecule has 3 heteroatoms. The van der Waals surface area contributed by atoms with Crippen molar-refractivity contribution in [3.8, 4) is 5.75 Å². The minimum atomic E-state index is -0.134. The van der Waals surface area contributed by atoms with Gasteiger partial charge < -0.3 is 4.74 Å². The highest BCUT2D eigenvalue weighted by Crippen LogP contribution is 2.51. The summed E-state index contributed by atoms with van der Waals surface area (Å²) in [5.41, 5.74) is 2.87. The second-order valence-corrected chi connectivity index (χ2v) is 9.00. The van der Waals surface area contributed by atoms with E-state index in [-0.39, 0.29) is 17.1 Å². The van der Waals surface area contributed by atoms with Gasteiger partial charge in [-0.15, -0.1) is 0 Å². The number of ketones is 1. The van der Waals surface area contributed by atoms with Crippen LogP contribution in [0.4, 0.5) is 0 Å². The van der Waals surface area contributed by atoms with Gasteiger partial charge in [0.05, 0.1) is 0 Å². The van der Waals surface area contributed by atoms with Crippen LogP contribution in [0.5, 0.6) is 5.75 Å². The molecule has 2 nitrogen and oxygen atoms in total. The molecule has 0 amide bonds. The third kappa shape index (κ3) is 2.75. The van der Waals surface area contributed by atoms with Crippen molar-refractivity contribution in [2.45, 2.75) is 32.6 Å². The molecule has 0 aromatic heterocycles. The molecule has 1 aliphatic heterocycles. The first kappa shape index (κ1) is 17.5. The normalized spacial score (nSPS) is 20.5. The molecule has 1 aliphatic carbocycles. The van der Waals surface area contributed by atoms with Crippen LogP contribution in [0.15, 0.2) is 72.0 Å². The quantitative estimate of drug-likeness (QED) is 0.465. The van der Waals surface area contributed by atoms with Crippen molar-refractivity contribution in [3.05, 3.63) is 88.1 Å². The van der Waals surface area contributed by atoms with Gasteiger partial charge in [-0.1, -0.05) is 67.9 Å². The number of carbonyl (C=O) groups excluding carboxylic acids is 1. The summed E-state index contributed by atoms with van der Waals surface area (Å²) in [6.45, 7) is 4.26. The van der Waals surface area contributed by atoms with Gasteiger partial charge in [-0.2, -0.15) is 0 Å². The topological polar surface area (TPSA) is 26.3 Å². The molecular formula is C25H21ClO2. The molecule has 28 heavy (non-hydrogen) atoms. The highest BCUT2D eigenvalue weighted by Gasteiger charge is 2.42. The number of ether oxygens (including phenoxy) is 1. The number of fused-ring (bicyclic) bond motifs is 3. The fraction of sp³-hybridized carbons (Fsp3) is 0.240. The smallest absolute Gasteiger partial charge is 0.163 e. The number of rotatable bonds is 1. The molecule has 0 unspecified atom stereocenters. The Morgan fingerprint density at radius 2 is 1.71 bits per heavy atom. The van der Waals surface area contributed by atoms with Gasteiger partial charge in [0, 0.05) is 34.9 Å². The molecule has 3 aromatic carbocycles. The van der Waals surface area contributed by atoms with Gasteiger partial charge in [0.25, 0.3) is 0 Å². The van der Waals surface area contributed by atoms with Crippen molar-refractivity contribution in [2.24, 2.45) is 5.41 Å². The lowest BCUT2D eigenvalue weighted by Gasteiger charge is -2.38. The largest absolute Gasteiger partial charge is 0.461 e. The van der Waals surface area contributed by atoms with Crippen LogP contribution in [-0.2, 0) is 4.79 Å². The Morgan fingerprint density at radius 3 is 2.50 bits per heavy atom. The number of Topliss-reactive ketones (excluding diaryl/α,β-unsaturated/α-hetero) is 1. The second-order valence-electron chi connectivity index (χ2n) is 8.56. The standard InChI is InChI=1S/C25H21ClO2/c1-25(2)13-19(27)24-21(14-25)28-20-12-9-15-5-3-4-6-18(15)23(20)22(24)16-7-10-17(26)11-8-16/h3-12,22H,13-14H2,1-2H3/t22-/m1/s1. The molecule has 5 rings (SSSR count). The van der Waals surface area contributed by atoms with Gasteiger partial charge in [0.15, 0.2) is 5.78 Å². The molecule has 140 valence electrons. The zero-order chi connectivity index (χ0) is 19.5. The maximum atomic E-state index is 13.3. The number of carbonyl (C=O) groups is 1.